The van der Waals surface area contributed by atoms with E-state index in [0.717, 1.165) is 22.6 Å². The van der Waals surface area contributed by atoms with Crippen molar-refractivity contribution in [1.29, 1.82) is 0 Å². The third-order valence-corrected chi connectivity index (χ3v) is 4.36. The minimum atomic E-state index is 0.379. The zero-order chi connectivity index (χ0) is 14.4. The summed E-state index contributed by atoms with van der Waals surface area (Å²) in [6.45, 7) is 3.74. The highest BCUT2D eigenvalue weighted by atomic mass is 79.9. The molecule has 0 saturated carbocycles. The fourth-order valence-electron chi connectivity index (χ4n) is 1.61. The largest absolute Gasteiger partial charge is 0.374 e. The molecule has 0 spiro atoms. The van der Waals surface area contributed by atoms with Gasteiger partial charge in [-0.2, -0.15) is 0 Å². The van der Waals surface area contributed by atoms with Gasteiger partial charge in [-0.1, -0.05) is 11.6 Å². The molecule has 0 aliphatic rings. The molecule has 2 aromatic rings. The molecule has 2 rings (SSSR count). The van der Waals surface area contributed by atoms with Crippen molar-refractivity contribution in [3.05, 3.63) is 37.8 Å². The summed E-state index contributed by atoms with van der Waals surface area (Å²) in [6.07, 6.45) is 0.943. The Morgan fingerprint density at radius 1 is 1.40 bits per heavy atom. The summed E-state index contributed by atoms with van der Waals surface area (Å²) in [5.74, 6) is 1.33. The van der Waals surface area contributed by atoms with Gasteiger partial charge in [-0.05, 0) is 41.4 Å². The summed E-state index contributed by atoms with van der Waals surface area (Å²) >= 11 is 11.2. The first-order valence-corrected chi connectivity index (χ1v) is 8.25. The number of ether oxygens (including phenoxy) is 1. The van der Waals surface area contributed by atoms with Gasteiger partial charge in [0.15, 0.2) is 5.82 Å². The van der Waals surface area contributed by atoms with E-state index in [9.17, 15) is 0 Å². The molecule has 0 radical (unpaired) electrons. The first-order valence-electron chi connectivity index (χ1n) is 6.26. The Kier molecular flexibility index (Phi) is 6.22. The molecule has 2 heterocycles. The molecule has 0 aromatic carbocycles. The molecule has 0 fully saturated rings. The molecule has 0 atom stereocenters. The molecule has 108 valence electrons. The van der Waals surface area contributed by atoms with Gasteiger partial charge in [0, 0.05) is 24.1 Å². The molecule has 0 amide bonds. The van der Waals surface area contributed by atoms with Gasteiger partial charge in [0.25, 0.3) is 0 Å². The average molecular weight is 377 g/mol. The van der Waals surface area contributed by atoms with Gasteiger partial charge < -0.3 is 10.1 Å². The van der Waals surface area contributed by atoms with E-state index in [-0.39, 0.29) is 0 Å². The van der Waals surface area contributed by atoms with Crippen molar-refractivity contribution in [1.82, 2.24) is 9.97 Å². The van der Waals surface area contributed by atoms with Gasteiger partial charge in [-0.25, -0.2) is 9.97 Å². The molecular formula is C13H15BrClN3OS. The van der Waals surface area contributed by atoms with E-state index in [0.29, 0.717) is 24.2 Å². The molecule has 0 aliphatic carbocycles. The highest BCUT2D eigenvalue weighted by Gasteiger charge is 2.04. The maximum atomic E-state index is 5.98. The Labute approximate surface area is 135 Å². The van der Waals surface area contributed by atoms with Gasteiger partial charge in [0.1, 0.15) is 17.6 Å². The quantitative estimate of drug-likeness (QED) is 0.738. The fourth-order valence-corrected chi connectivity index (χ4v) is 3.30. The van der Waals surface area contributed by atoms with Gasteiger partial charge in [-0.3, -0.25) is 0 Å². The molecule has 20 heavy (non-hydrogen) atoms. The van der Waals surface area contributed by atoms with Gasteiger partial charge in [-0.15, -0.1) is 11.3 Å². The van der Waals surface area contributed by atoms with Crippen molar-refractivity contribution in [3.63, 3.8) is 0 Å². The van der Waals surface area contributed by atoms with Crippen molar-refractivity contribution < 1.29 is 4.74 Å². The van der Waals surface area contributed by atoms with Crippen LogP contribution in [0.5, 0.6) is 0 Å². The molecule has 0 aliphatic heterocycles. The fraction of sp³-hybridized carbons (Fsp3) is 0.385. The van der Waals surface area contributed by atoms with E-state index in [2.05, 4.69) is 43.3 Å². The van der Waals surface area contributed by atoms with E-state index in [1.54, 1.807) is 17.4 Å². The van der Waals surface area contributed by atoms with E-state index in [4.69, 9.17) is 16.3 Å². The first kappa shape index (κ1) is 15.7. The summed E-state index contributed by atoms with van der Waals surface area (Å²) in [7, 11) is 0. The molecule has 2 aromatic heterocycles. The van der Waals surface area contributed by atoms with Crippen molar-refractivity contribution in [3.8, 4) is 0 Å². The Balaban J connectivity index is 1.89. The lowest BCUT2D eigenvalue weighted by atomic mass is 10.3. The maximum absolute atomic E-state index is 5.98. The van der Waals surface area contributed by atoms with Crippen LogP contribution in [0, 0.1) is 0 Å². The Morgan fingerprint density at radius 2 is 2.25 bits per heavy atom. The van der Waals surface area contributed by atoms with E-state index in [1.165, 1.54) is 4.88 Å². The van der Waals surface area contributed by atoms with Gasteiger partial charge in [0.2, 0.25) is 0 Å². The topological polar surface area (TPSA) is 47.0 Å². The lowest BCUT2D eigenvalue weighted by molar-refractivity contribution is 0.128. The molecule has 0 bridgehead atoms. The molecule has 7 heteroatoms. The predicted molar refractivity (Wildman–Crippen MR) is 86.6 cm³/mol. The number of hydrogen-bond acceptors (Lipinski definition) is 5. The van der Waals surface area contributed by atoms with Crippen LogP contribution in [0.3, 0.4) is 0 Å². The summed E-state index contributed by atoms with van der Waals surface area (Å²) in [4.78, 5) is 9.81. The minimum absolute atomic E-state index is 0.379. The van der Waals surface area contributed by atoms with Crippen LogP contribution in [0.1, 0.15) is 17.6 Å². The summed E-state index contributed by atoms with van der Waals surface area (Å²) in [5.41, 5.74) is 0. The standard InChI is InChI=1S/C13H15BrClN3OS/c1-2-19-8-13-17-11(15)7-12(18-13)16-6-5-9-3-4-10(14)20-9/h3-4,7H,2,5-6,8H2,1H3,(H,16,17,18). The lowest BCUT2D eigenvalue weighted by Crippen LogP contribution is -2.08. The van der Waals surface area contributed by atoms with E-state index >= 15 is 0 Å². The molecule has 0 unspecified atom stereocenters. The van der Waals surface area contributed by atoms with E-state index in [1.807, 2.05) is 6.92 Å². The number of thiophene rings is 1. The number of anilines is 1. The third-order valence-electron chi connectivity index (χ3n) is 2.48. The predicted octanol–water partition coefficient (Wildman–Crippen LogP) is 4.15. The lowest BCUT2D eigenvalue weighted by Gasteiger charge is -2.07. The number of hydrogen-bond donors (Lipinski definition) is 1. The van der Waals surface area contributed by atoms with Crippen LogP contribution in [-0.2, 0) is 17.8 Å². The van der Waals surface area contributed by atoms with Crippen LogP contribution in [0.25, 0.3) is 0 Å². The second-order valence-corrected chi connectivity index (χ2v) is 6.95. The van der Waals surface area contributed by atoms with Crippen molar-refractivity contribution in [2.75, 3.05) is 18.5 Å². The molecule has 0 saturated heterocycles. The second kappa shape index (κ2) is 7.93. The van der Waals surface area contributed by atoms with Crippen LogP contribution < -0.4 is 5.32 Å². The Bertz CT molecular complexity index is 564. The summed E-state index contributed by atoms with van der Waals surface area (Å²) in [5, 5.41) is 3.69. The van der Waals surface area contributed by atoms with Crippen molar-refractivity contribution >= 4 is 44.7 Å². The van der Waals surface area contributed by atoms with Crippen LogP contribution >= 0.6 is 38.9 Å². The first-order chi connectivity index (χ1) is 9.67. The van der Waals surface area contributed by atoms with Crippen LogP contribution in [0.2, 0.25) is 5.15 Å². The normalized spacial score (nSPS) is 10.8. The molecule has 1 N–H and O–H groups in total. The summed E-state index contributed by atoms with van der Waals surface area (Å²) in [6, 6.07) is 5.90. The highest BCUT2D eigenvalue weighted by molar-refractivity contribution is 9.11. The van der Waals surface area contributed by atoms with Crippen LogP contribution in [0.15, 0.2) is 22.0 Å². The monoisotopic (exact) mass is 375 g/mol. The third kappa shape index (κ3) is 5.01. The Morgan fingerprint density at radius 3 is 2.95 bits per heavy atom. The van der Waals surface area contributed by atoms with Crippen molar-refractivity contribution in [2.45, 2.75) is 20.0 Å². The minimum Gasteiger partial charge on any atom is -0.374 e. The summed E-state index contributed by atoms with van der Waals surface area (Å²) < 4.78 is 6.44. The highest BCUT2D eigenvalue weighted by Crippen LogP contribution is 2.22. The average Bonchev–Trinajstić information content (AvgIpc) is 2.81. The van der Waals surface area contributed by atoms with Crippen molar-refractivity contribution in [2.24, 2.45) is 0 Å². The maximum Gasteiger partial charge on any atom is 0.158 e. The second-order valence-electron chi connectivity index (χ2n) is 4.01. The zero-order valence-electron chi connectivity index (χ0n) is 11.0. The van der Waals surface area contributed by atoms with Crippen LogP contribution in [-0.4, -0.2) is 23.1 Å². The number of rotatable bonds is 7. The van der Waals surface area contributed by atoms with Crippen LogP contribution in [0.4, 0.5) is 5.82 Å². The number of aromatic nitrogens is 2. The SMILES string of the molecule is CCOCc1nc(Cl)cc(NCCc2ccc(Br)s2)n1. The number of nitrogens with one attached hydrogen (secondary N) is 1. The zero-order valence-corrected chi connectivity index (χ0v) is 14.2. The smallest absolute Gasteiger partial charge is 0.158 e. The molecule has 4 nitrogen and oxygen atoms in total. The molecular weight excluding hydrogens is 362 g/mol. The van der Waals surface area contributed by atoms with E-state index < -0.39 is 0 Å². The Hall–Kier alpha value is -0.690. The van der Waals surface area contributed by atoms with Gasteiger partial charge >= 0.3 is 0 Å². The number of halogens is 2. The number of nitrogens with zero attached hydrogens (tertiary/aromatic N) is 2. The van der Waals surface area contributed by atoms with Gasteiger partial charge in [0.05, 0.1) is 3.79 Å².